The topological polar surface area (TPSA) is 26.0 Å². The van der Waals surface area contributed by atoms with Gasteiger partial charge in [0.05, 0.1) is 5.56 Å². The van der Waals surface area contributed by atoms with Crippen LogP contribution in [0.3, 0.4) is 0 Å². The molecule has 0 aliphatic heterocycles. The number of hydrogen-bond acceptors (Lipinski definition) is 1. The lowest BCUT2D eigenvalue weighted by Crippen LogP contribution is -2.08. The molecule has 1 rings (SSSR count). The third kappa shape index (κ3) is 4.01. The Balaban J connectivity index is 0.00000196. The fourth-order valence-electron chi connectivity index (χ4n) is 1.10. The van der Waals surface area contributed by atoms with Crippen molar-refractivity contribution in [2.75, 3.05) is 6.54 Å². The molecule has 0 fully saturated rings. The summed E-state index contributed by atoms with van der Waals surface area (Å²) in [6.07, 6.45) is -3.85. The van der Waals surface area contributed by atoms with Crippen LogP contribution >= 0.6 is 28.3 Å². The van der Waals surface area contributed by atoms with E-state index in [1.807, 2.05) is 0 Å². The summed E-state index contributed by atoms with van der Waals surface area (Å²) in [7, 11) is 0. The zero-order chi connectivity index (χ0) is 10.8. The van der Waals surface area contributed by atoms with E-state index in [1.165, 1.54) is 6.07 Å². The highest BCUT2D eigenvalue weighted by Crippen LogP contribution is 2.31. The molecular formula is C9H10BrClF3N. The zero-order valence-electron chi connectivity index (χ0n) is 7.64. The van der Waals surface area contributed by atoms with E-state index in [4.69, 9.17) is 5.73 Å². The molecule has 0 aliphatic rings. The third-order valence-electron chi connectivity index (χ3n) is 1.79. The van der Waals surface area contributed by atoms with Gasteiger partial charge in [-0.25, -0.2) is 0 Å². The third-order valence-corrected chi connectivity index (χ3v) is 2.56. The highest BCUT2D eigenvalue weighted by Gasteiger charge is 2.30. The van der Waals surface area contributed by atoms with Gasteiger partial charge in [-0.1, -0.05) is 15.9 Å². The molecule has 1 nitrogen and oxygen atoms in total. The van der Waals surface area contributed by atoms with Crippen LogP contribution in [-0.2, 0) is 12.6 Å². The SMILES string of the molecule is Cl.NCCc1cc(C(F)(F)F)ccc1Br. The summed E-state index contributed by atoms with van der Waals surface area (Å²) in [6, 6.07) is 3.56. The fourth-order valence-corrected chi connectivity index (χ4v) is 1.54. The summed E-state index contributed by atoms with van der Waals surface area (Å²) >= 11 is 3.18. The lowest BCUT2D eigenvalue weighted by molar-refractivity contribution is -0.137. The van der Waals surface area contributed by atoms with Crippen molar-refractivity contribution in [3.05, 3.63) is 33.8 Å². The second-order valence-corrected chi connectivity index (χ2v) is 3.70. The molecule has 0 saturated heterocycles. The van der Waals surface area contributed by atoms with Gasteiger partial charge >= 0.3 is 6.18 Å². The van der Waals surface area contributed by atoms with Gasteiger partial charge in [0.15, 0.2) is 0 Å². The maximum absolute atomic E-state index is 12.3. The van der Waals surface area contributed by atoms with Crippen LogP contribution in [0.1, 0.15) is 11.1 Å². The average molecular weight is 305 g/mol. The van der Waals surface area contributed by atoms with E-state index >= 15 is 0 Å². The van der Waals surface area contributed by atoms with Gasteiger partial charge in [0.25, 0.3) is 0 Å². The number of halogens is 5. The van der Waals surface area contributed by atoms with E-state index < -0.39 is 11.7 Å². The van der Waals surface area contributed by atoms with Crippen molar-refractivity contribution in [2.45, 2.75) is 12.6 Å². The Kier molecular flexibility index (Phi) is 5.62. The van der Waals surface area contributed by atoms with E-state index in [1.54, 1.807) is 0 Å². The molecule has 0 bridgehead atoms. The first-order valence-electron chi connectivity index (χ1n) is 4.01. The van der Waals surface area contributed by atoms with Crippen LogP contribution in [0.4, 0.5) is 13.2 Å². The molecule has 2 N–H and O–H groups in total. The first-order valence-corrected chi connectivity index (χ1v) is 4.80. The van der Waals surface area contributed by atoms with Crippen LogP contribution in [-0.4, -0.2) is 6.54 Å². The number of benzene rings is 1. The smallest absolute Gasteiger partial charge is 0.330 e. The summed E-state index contributed by atoms with van der Waals surface area (Å²) in [5, 5.41) is 0. The first kappa shape index (κ1) is 14.7. The van der Waals surface area contributed by atoms with E-state index in [0.717, 1.165) is 12.1 Å². The predicted molar refractivity (Wildman–Crippen MR) is 59.2 cm³/mol. The second-order valence-electron chi connectivity index (χ2n) is 2.84. The zero-order valence-corrected chi connectivity index (χ0v) is 10.0. The molecule has 0 heterocycles. The molecule has 0 unspecified atom stereocenters. The van der Waals surface area contributed by atoms with Gasteiger partial charge in [0.1, 0.15) is 0 Å². The maximum Gasteiger partial charge on any atom is 0.416 e. The van der Waals surface area contributed by atoms with Crippen LogP contribution in [0.2, 0.25) is 0 Å². The molecule has 6 heteroatoms. The number of nitrogens with two attached hydrogens (primary N) is 1. The Morgan fingerprint density at radius 1 is 1.27 bits per heavy atom. The van der Waals surface area contributed by atoms with Gasteiger partial charge in [-0.15, -0.1) is 12.4 Å². The number of rotatable bonds is 2. The molecule has 0 aromatic heterocycles. The highest BCUT2D eigenvalue weighted by molar-refractivity contribution is 9.10. The second kappa shape index (κ2) is 5.72. The van der Waals surface area contributed by atoms with E-state index in [9.17, 15) is 13.2 Å². The number of hydrogen-bond donors (Lipinski definition) is 1. The van der Waals surface area contributed by atoms with Gasteiger partial charge in [0.2, 0.25) is 0 Å². The normalized spacial score (nSPS) is 11.0. The fraction of sp³-hybridized carbons (Fsp3) is 0.333. The molecule has 0 amide bonds. The summed E-state index contributed by atoms with van der Waals surface area (Å²) in [6.45, 7) is 0.333. The van der Waals surface area contributed by atoms with E-state index in [2.05, 4.69) is 15.9 Å². The van der Waals surface area contributed by atoms with Gasteiger partial charge in [-0.05, 0) is 36.7 Å². The van der Waals surface area contributed by atoms with Crippen molar-refractivity contribution in [3.8, 4) is 0 Å². The highest BCUT2D eigenvalue weighted by atomic mass is 79.9. The standard InChI is InChI=1S/C9H9BrF3N.ClH/c10-8-2-1-7(9(11,12)13)5-6(8)3-4-14;/h1-2,5H,3-4,14H2;1H. The molecule has 86 valence electrons. The lowest BCUT2D eigenvalue weighted by atomic mass is 10.1. The summed E-state index contributed by atoms with van der Waals surface area (Å²) in [4.78, 5) is 0. The van der Waals surface area contributed by atoms with Crippen LogP contribution in [0.15, 0.2) is 22.7 Å². The Morgan fingerprint density at radius 3 is 2.33 bits per heavy atom. The molecule has 15 heavy (non-hydrogen) atoms. The van der Waals surface area contributed by atoms with Gasteiger partial charge < -0.3 is 5.73 Å². The van der Waals surface area contributed by atoms with Gasteiger partial charge in [-0.3, -0.25) is 0 Å². The minimum Gasteiger partial charge on any atom is -0.330 e. The van der Waals surface area contributed by atoms with Crippen molar-refractivity contribution < 1.29 is 13.2 Å². The predicted octanol–water partition coefficient (Wildman–Crippen LogP) is 3.39. The van der Waals surface area contributed by atoms with E-state index in [-0.39, 0.29) is 12.4 Å². The average Bonchev–Trinajstić information content (AvgIpc) is 2.07. The van der Waals surface area contributed by atoms with Crippen molar-refractivity contribution in [2.24, 2.45) is 5.73 Å². The lowest BCUT2D eigenvalue weighted by Gasteiger charge is -2.09. The van der Waals surface area contributed by atoms with Gasteiger partial charge in [-0.2, -0.15) is 13.2 Å². The quantitative estimate of drug-likeness (QED) is 0.890. The Labute approximate surface area is 100 Å². The van der Waals surface area contributed by atoms with E-state index in [0.29, 0.717) is 23.0 Å². The molecule has 0 aliphatic carbocycles. The molecule has 1 aromatic rings. The summed E-state index contributed by atoms with van der Waals surface area (Å²) in [5.74, 6) is 0. The Morgan fingerprint density at radius 2 is 1.87 bits per heavy atom. The first-order chi connectivity index (χ1) is 6.45. The molecule has 0 atom stereocenters. The van der Waals surface area contributed by atoms with Crippen molar-refractivity contribution >= 4 is 28.3 Å². The monoisotopic (exact) mass is 303 g/mol. The summed E-state index contributed by atoms with van der Waals surface area (Å²) in [5.41, 5.74) is 5.24. The van der Waals surface area contributed by atoms with Crippen molar-refractivity contribution in [3.63, 3.8) is 0 Å². The van der Waals surface area contributed by atoms with Gasteiger partial charge in [0, 0.05) is 4.47 Å². The van der Waals surface area contributed by atoms with Crippen molar-refractivity contribution in [1.29, 1.82) is 0 Å². The molecule has 0 saturated carbocycles. The number of alkyl halides is 3. The minimum absolute atomic E-state index is 0. The van der Waals surface area contributed by atoms with Crippen molar-refractivity contribution in [1.82, 2.24) is 0 Å². The van der Waals surface area contributed by atoms with Crippen LogP contribution in [0, 0.1) is 0 Å². The molecule has 0 radical (unpaired) electrons. The Bertz CT molecular complexity index is 328. The summed E-state index contributed by atoms with van der Waals surface area (Å²) < 4.78 is 37.5. The van der Waals surface area contributed by atoms with Crippen LogP contribution in [0.25, 0.3) is 0 Å². The molecular weight excluding hydrogens is 294 g/mol. The molecule has 0 spiro atoms. The van der Waals surface area contributed by atoms with Crippen LogP contribution < -0.4 is 5.73 Å². The molecule has 1 aromatic carbocycles. The van der Waals surface area contributed by atoms with Crippen LogP contribution in [0.5, 0.6) is 0 Å². The maximum atomic E-state index is 12.3. The largest absolute Gasteiger partial charge is 0.416 e. The minimum atomic E-state index is -4.29. The Hall–Kier alpha value is -0.260.